The van der Waals surface area contributed by atoms with Crippen molar-refractivity contribution >= 4 is 23.1 Å². The van der Waals surface area contributed by atoms with Crippen LogP contribution in [-0.2, 0) is 6.54 Å². The van der Waals surface area contributed by atoms with E-state index < -0.39 is 0 Å². The highest BCUT2D eigenvalue weighted by Gasteiger charge is 2.12. The van der Waals surface area contributed by atoms with Crippen molar-refractivity contribution in [1.82, 2.24) is 9.97 Å². The Labute approximate surface area is 163 Å². The fourth-order valence-corrected chi connectivity index (χ4v) is 2.64. The maximum atomic E-state index is 13.8. The average Bonchev–Trinajstić information content (AvgIpc) is 2.67. The Kier molecular flexibility index (Phi) is 5.84. The molecule has 2 N–H and O–H groups in total. The molecule has 0 saturated heterocycles. The van der Waals surface area contributed by atoms with Crippen molar-refractivity contribution in [1.29, 1.82) is 0 Å². The zero-order valence-corrected chi connectivity index (χ0v) is 16.0. The smallest absolute Gasteiger partial charge is 0.274 e. The maximum absolute atomic E-state index is 13.8. The fourth-order valence-electron chi connectivity index (χ4n) is 2.64. The Balaban J connectivity index is 1.71. The molecule has 0 aliphatic rings. The van der Waals surface area contributed by atoms with E-state index in [1.165, 1.54) is 6.07 Å². The molecule has 0 saturated carbocycles. The molecule has 1 heterocycles. The molecule has 0 fully saturated rings. The van der Waals surface area contributed by atoms with Gasteiger partial charge < -0.3 is 15.5 Å². The van der Waals surface area contributed by atoms with Crippen LogP contribution in [0, 0.1) is 12.7 Å². The second kappa shape index (κ2) is 8.47. The summed E-state index contributed by atoms with van der Waals surface area (Å²) >= 11 is 0. The monoisotopic (exact) mass is 379 g/mol. The predicted octanol–water partition coefficient (Wildman–Crippen LogP) is 3.85. The molecule has 144 valence electrons. The zero-order chi connectivity index (χ0) is 20.1. The molecule has 3 rings (SSSR count). The Morgan fingerprint density at radius 2 is 1.79 bits per heavy atom. The van der Waals surface area contributed by atoms with E-state index in [0.717, 1.165) is 5.69 Å². The number of aromatic nitrogens is 2. The van der Waals surface area contributed by atoms with Crippen LogP contribution in [0.15, 0.2) is 54.6 Å². The second-order valence-electron chi connectivity index (χ2n) is 6.53. The molecule has 3 aromatic rings. The van der Waals surface area contributed by atoms with E-state index in [1.54, 1.807) is 31.2 Å². The Morgan fingerprint density at radius 3 is 2.46 bits per heavy atom. The minimum absolute atomic E-state index is 0.236. The number of hydrogen-bond donors (Lipinski definition) is 2. The van der Waals surface area contributed by atoms with Gasteiger partial charge in [0.1, 0.15) is 23.2 Å². The molecule has 0 bridgehead atoms. The lowest BCUT2D eigenvalue weighted by molar-refractivity contribution is 0.102. The number of hydrogen-bond acceptors (Lipinski definition) is 5. The number of carbonyl (C=O) groups is 1. The SMILES string of the molecule is Cc1nc(NCc2ccccc2F)cc(C(=O)Nc2ccc(N(C)C)cc2)n1. The molecule has 6 nitrogen and oxygen atoms in total. The number of benzene rings is 2. The van der Waals surface area contributed by atoms with Gasteiger partial charge in [0.05, 0.1) is 0 Å². The molecule has 28 heavy (non-hydrogen) atoms. The van der Waals surface area contributed by atoms with Gasteiger partial charge in [-0.25, -0.2) is 14.4 Å². The maximum Gasteiger partial charge on any atom is 0.274 e. The summed E-state index contributed by atoms with van der Waals surface area (Å²) < 4.78 is 13.8. The minimum atomic E-state index is -0.336. The summed E-state index contributed by atoms with van der Waals surface area (Å²) in [5.41, 5.74) is 2.47. The zero-order valence-electron chi connectivity index (χ0n) is 16.0. The molecule has 1 amide bonds. The van der Waals surface area contributed by atoms with Crippen LogP contribution in [0.1, 0.15) is 21.9 Å². The average molecular weight is 379 g/mol. The van der Waals surface area contributed by atoms with Crippen LogP contribution in [0.2, 0.25) is 0 Å². The van der Waals surface area contributed by atoms with Gasteiger partial charge >= 0.3 is 0 Å². The molecule has 0 radical (unpaired) electrons. The van der Waals surface area contributed by atoms with Gasteiger partial charge in [-0.15, -0.1) is 0 Å². The quantitative estimate of drug-likeness (QED) is 0.681. The largest absolute Gasteiger partial charge is 0.378 e. The molecule has 1 aromatic heterocycles. The lowest BCUT2D eigenvalue weighted by atomic mass is 10.2. The van der Waals surface area contributed by atoms with Crippen molar-refractivity contribution in [3.05, 3.63) is 77.5 Å². The number of carbonyl (C=O) groups excluding carboxylic acids is 1. The molecule has 0 aliphatic carbocycles. The van der Waals surface area contributed by atoms with Crippen molar-refractivity contribution in [3.8, 4) is 0 Å². The highest BCUT2D eigenvalue weighted by atomic mass is 19.1. The van der Waals surface area contributed by atoms with Gasteiger partial charge in [-0.3, -0.25) is 4.79 Å². The molecular weight excluding hydrogens is 357 g/mol. The summed E-state index contributed by atoms with van der Waals surface area (Å²) in [6, 6.07) is 15.6. The minimum Gasteiger partial charge on any atom is -0.378 e. The first-order chi connectivity index (χ1) is 13.4. The van der Waals surface area contributed by atoms with Gasteiger partial charge in [0.2, 0.25) is 0 Å². The van der Waals surface area contributed by atoms with E-state index in [-0.39, 0.29) is 24.0 Å². The number of aryl methyl sites for hydroxylation is 1. The van der Waals surface area contributed by atoms with Gasteiger partial charge in [0, 0.05) is 43.6 Å². The molecule has 0 aliphatic heterocycles. The Morgan fingerprint density at radius 1 is 1.07 bits per heavy atom. The number of nitrogens with zero attached hydrogens (tertiary/aromatic N) is 3. The molecule has 0 atom stereocenters. The van der Waals surface area contributed by atoms with E-state index in [9.17, 15) is 9.18 Å². The normalized spacial score (nSPS) is 10.4. The summed E-state index contributed by atoms with van der Waals surface area (Å²) in [5.74, 6) is 0.285. The van der Waals surface area contributed by atoms with E-state index in [0.29, 0.717) is 22.9 Å². The van der Waals surface area contributed by atoms with Crippen LogP contribution in [-0.4, -0.2) is 30.0 Å². The van der Waals surface area contributed by atoms with E-state index in [4.69, 9.17) is 0 Å². The third kappa shape index (κ3) is 4.82. The lowest BCUT2D eigenvalue weighted by Gasteiger charge is -2.13. The van der Waals surface area contributed by atoms with Crippen LogP contribution < -0.4 is 15.5 Å². The molecule has 2 aromatic carbocycles. The fraction of sp³-hybridized carbons (Fsp3) is 0.190. The summed E-state index contributed by atoms with van der Waals surface area (Å²) in [5, 5.41) is 5.87. The van der Waals surface area contributed by atoms with Gasteiger partial charge in [-0.1, -0.05) is 18.2 Å². The summed E-state index contributed by atoms with van der Waals surface area (Å²) in [4.78, 5) is 23.0. The van der Waals surface area contributed by atoms with Crippen molar-refractivity contribution < 1.29 is 9.18 Å². The van der Waals surface area contributed by atoms with Crippen molar-refractivity contribution in [3.63, 3.8) is 0 Å². The lowest BCUT2D eigenvalue weighted by Crippen LogP contribution is -2.16. The van der Waals surface area contributed by atoms with Gasteiger partial charge in [-0.05, 0) is 37.3 Å². The van der Waals surface area contributed by atoms with Crippen LogP contribution >= 0.6 is 0 Å². The van der Waals surface area contributed by atoms with E-state index in [2.05, 4.69) is 20.6 Å². The second-order valence-corrected chi connectivity index (χ2v) is 6.53. The standard InChI is InChI=1S/C21H22FN5O/c1-14-24-19(21(28)26-16-8-10-17(11-9-16)27(2)3)12-20(25-14)23-13-15-6-4-5-7-18(15)22/h4-12H,13H2,1-3H3,(H,26,28)(H,23,24,25). The number of anilines is 3. The Hall–Kier alpha value is -3.48. The van der Waals surface area contributed by atoms with Crippen LogP contribution in [0.4, 0.5) is 21.6 Å². The molecular formula is C21H22FN5O. The first-order valence-electron chi connectivity index (χ1n) is 8.84. The van der Waals surface area contributed by atoms with Crippen LogP contribution in [0.3, 0.4) is 0 Å². The first-order valence-corrected chi connectivity index (χ1v) is 8.84. The van der Waals surface area contributed by atoms with Crippen LogP contribution in [0.5, 0.6) is 0 Å². The molecule has 0 unspecified atom stereocenters. The van der Waals surface area contributed by atoms with Crippen LogP contribution in [0.25, 0.3) is 0 Å². The predicted molar refractivity (Wildman–Crippen MR) is 109 cm³/mol. The topological polar surface area (TPSA) is 70.2 Å². The van der Waals surface area contributed by atoms with E-state index >= 15 is 0 Å². The van der Waals surface area contributed by atoms with Gasteiger partial charge in [0.15, 0.2) is 0 Å². The number of rotatable bonds is 6. The van der Waals surface area contributed by atoms with Crippen molar-refractivity contribution in [2.24, 2.45) is 0 Å². The summed E-state index contributed by atoms with van der Waals surface area (Å²) in [6.45, 7) is 1.97. The first kappa shape index (κ1) is 19.3. The highest BCUT2D eigenvalue weighted by molar-refractivity contribution is 6.03. The van der Waals surface area contributed by atoms with Gasteiger partial charge in [0.25, 0.3) is 5.91 Å². The molecule has 7 heteroatoms. The van der Waals surface area contributed by atoms with Crippen molar-refractivity contribution in [2.75, 3.05) is 29.6 Å². The van der Waals surface area contributed by atoms with E-state index in [1.807, 2.05) is 43.3 Å². The highest BCUT2D eigenvalue weighted by Crippen LogP contribution is 2.17. The summed E-state index contributed by atoms with van der Waals surface area (Å²) in [6.07, 6.45) is 0. The number of nitrogens with one attached hydrogen (secondary N) is 2. The Bertz CT molecular complexity index is 973. The number of halogens is 1. The number of amides is 1. The third-order valence-corrected chi connectivity index (χ3v) is 4.13. The summed E-state index contributed by atoms with van der Waals surface area (Å²) in [7, 11) is 3.90. The third-order valence-electron chi connectivity index (χ3n) is 4.13. The molecule has 0 spiro atoms. The van der Waals surface area contributed by atoms with Crippen molar-refractivity contribution in [2.45, 2.75) is 13.5 Å². The van der Waals surface area contributed by atoms with Gasteiger partial charge in [-0.2, -0.15) is 0 Å².